The third kappa shape index (κ3) is 4.34. The quantitative estimate of drug-likeness (QED) is 0.388. The Morgan fingerprint density at radius 2 is 1.61 bits per heavy atom. The molecule has 5 aromatic rings. The van der Waals surface area contributed by atoms with Gasteiger partial charge in [0.25, 0.3) is 5.56 Å². The van der Waals surface area contributed by atoms with Crippen LogP contribution in [0.15, 0.2) is 83.9 Å². The van der Waals surface area contributed by atoms with Crippen LogP contribution < -0.4 is 15.8 Å². The molecule has 0 saturated carbocycles. The van der Waals surface area contributed by atoms with Crippen molar-refractivity contribution in [1.29, 1.82) is 0 Å². The molecule has 8 nitrogen and oxygen atoms in total. The first-order chi connectivity index (χ1) is 17.7. The van der Waals surface area contributed by atoms with Gasteiger partial charge in [0.15, 0.2) is 4.96 Å². The molecule has 0 radical (unpaired) electrons. The standard InChI is InChI=1S/C27H25N7OS/c1-32-15-17-33(18-16-32)21-9-7-20(8-10-21)30-26-28-13-11-22(31-26)25-24(19-5-3-2-4-6-19)34-23(35)12-14-29-27(34)36-25/h2-14H,15-18H2,1H3,(H,28,30,31). The van der Waals surface area contributed by atoms with Crippen LogP contribution in [0.2, 0.25) is 0 Å². The second-order valence-electron chi connectivity index (χ2n) is 8.77. The smallest absolute Gasteiger partial charge is 0.258 e. The number of benzene rings is 2. The summed E-state index contributed by atoms with van der Waals surface area (Å²) in [7, 11) is 2.16. The molecule has 1 fully saturated rings. The van der Waals surface area contributed by atoms with Crippen molar-refractivity contribution < 1.29 is 0 Å². The minimum absolute atomic E-state index is 0.116. The summed E-state index contributed by atoms with van der Waals surface area (Å²) in [5.41, 5.74) is 4.47. The summed E-state index contributed by atoms with van der Waals surface area (Å²) >= 11 is 1.44. The van der Waals surface area contributed by atoms with Crippen molar-refractivity contribution in [2.24, 2.45) is 0 Å². The lowest BCUT2D eigenvalue weighted by Gasteiger charge is -2.34. The molecule has 0 bridgehead atoms. The number of hydrogen-bond donors (Lipinski definition) is 1. The zero-order valence-corrected chi connectivity index (χ0v) is 20.7. The van der Waals surface area contributed by atoms with Crippen LogP contribution >= 0.6 is 11.3 Å². The minimum Gasteiger partial charge on any atom is -0.369 e. The Morgan fingerprint density at radius 1 is 0.861 bits per heavy atom. The number of hydrogen-bond acceptors (Lipinski definition) is 8. The second kappa shape index (κ2) is 9.52. The molecule has 1 aliphatic rings. The van der Waals surface area contributed by atoms with Gasteiger partial charge in [-0.3, -0.25) is 9.20 Å². The number of rotatable bonds is 5. The molecule has 6 rings (SSSR count). The van der Waals surface area contributed by atoms with Gasteiger partial charge in [0.1, 0.15) is 0 Å². The molecule has 0 spiro atoms. The van der Waals surface area contributed by atoms with Crippen LogP contribution in [0.3, 0.4) is 0 Å². The maximum Gasteiger partial charge on any atom is 0.258 e. The first-order valence-electron chi connectivity index (χ1n) is 11.9. The fourth-order valence-corrected chi connectivity index (χ4v) is 5.53. The average Bonchev–Trinajstić information content (AvgIpc) is 3.32. The predicted molar refractivity (Wildman–Crippen MR) is 145 cm³/mol. The molecule has 0 atom stereocenters. The summed E-state index contributed by atoms with van der Waals surface area (Å²) in [4.78, 5) is 32.7. The summed E-state index contributed by atoms with van der Waals surface area (Å²) in [6.45, 7) is 4.21. The van der Waals surface area contributed by atoms with Crippen LogP contribution in [0.1, 0.15) is 0 Å². The molecule has 0 aliphatic carbocycles. The van der Waals surface area contributed by atoms with Crippen LogP contribution in [0.5, 0.6) is 0 Å². The van der Waals surface area contributed by atoms with Crippen molar-refractivity contribution in [3.05, 3.63) is 89.5 Å². The largest absolute Gasteiger partial charge is 0.369 e. The Hall–Kier alpha value is -4.08. The van der Waals surface area contributed by atoms with E-state index in [4.69, 9.17) is 4.98 Å². The van der Waals surface area contributed by atoms with Crippen molar-refractivity contribution in [2.75, 3.05) is 43.4 Å². The number of nitrogens with zero attached hydrogens (tertiary/aromatic N) is 6. The molecule has 0 unspecified atom stereocenters. The van der Waals surface area contributed by atoms with Crippen molar-refractivity contribution in [2.45, 2.75) is 0 Å². The van der Waals surface area contributed by atoms with E-state index in [1.165, 1.54) is 23.1 Å². The Morgan fingerprint density at radius 3 is 2.39 bits per heavy atom. The fraction of sp³-hybridized carbons (Fsp3) is 0.185. The van der Waals surface area contributed by atoms with E-state index in [1.807, 2.05) is 36.4 Å². The van der Waals surface area contributed by atoms with Crippen LogP contribution in [0.25, 0.3) is 26.8 Å². The summed E-state index contributed by atoms with van der Waals surface area (Å²) < 4.78 is 1.65. The van der Waals surface area contributed by atoms with Gasteiger partial charge in [-0.05, 0) is 37.4 Å². The van der Waals surface area contributed by atoms with E-state index in [9.17, 15) is 4.79 Å². The highest BCUT2D eigenvalue weighted by Crippen LogP contribution is 2.37. The molecule has 1 aliphatic heterocycles. The predicted octanol–water partition coefficient (Wildman–Crippen LogP) is 4.38. The zero-order valence-electron chi connectivity index (χ0n) is 19.8. The Kier molecular flexibility index (Phi) is 5.92. The molecule has 180 valence electrons. The summed E-state index contributed by atoms with van der Waals surface area (Å²) in [5, 5.41) is 3.33. The summed E-state index contributed by atoms with van der Waals surface area (Å²) in [6.07, 6.45) is 3.28. The van der Waals surface area contributed by atoms with Gasteiger partial charge in [-0.1, -0.05) is 41.7 Å². The Balaban J connectivity index is 1.32. The third-order valence-corrected chi connectivity index (χ3v) is 7.45. The first-order valence-corrected chi connectivity index (χ1v) is 12.7. The topological polar surface area (TPSA) is 78.7 Å². The van der Waals surface area contributed by atoms with E-state index in [0.717, 1.165) is 53.7 Å². The van der Waals surface area contributed by atoms with Crippen LogP contribution in [0.4, 0.5) is 17.3 Å². The lowest BCUT2D eigenvalue weighted by Crippen LogP contribution is -2.44. The third-order valence-electron chi connectivity index (χ3n) is 6.37. The molecule has 36 heavy (non-hydrogen) atoms. The van der Waals surface area contributed by atoms with Gasteiger partial charge in [0.05, 0.1) is 16.3 Å². The monoisotopic (exact) mass is 495 g/mol. The first kappa shape index (κ1) is 22.4. The van der Waals surface area contributed by atoms with Gasteiger partial charge >= 0.3 is 0 Å². The average molecular weight is 496 g/mol. The van der Waals surface area contributed by atoms with E-state index < -0.39 is 0 Å². The molecule has 9 heteroatoms. The van der Waals surface area contributed by atoms with Crippen molar-refractivity contribution in [1.82, 2.24) is 24.3 Å². The van der Waals surface area contributed by atoms with Gasteiger partial charge in [0.2, 0.25) is 5.95 Å². The van der Waals surface area contributed by atoms with Crippen LogP contribution in [0, 0.1) is 0 Å². The molecule has 1 N–H and O–H groups in total. The van der Waals surface area contributed by atoms with Crippen molar-refractivity contribution in [3.63, 3.8) is 0 Å². The number of nitrogens with one attached hydrogen (secondary N) is 1. The minimum atomic E-state index is -0.116. The van der Waals surface area contributed by atoms with Gasteiger partial charge in [-0.15, -0.1) is 0 Å². The van der Waals surface area contributed by atoms with E-state index in [1.54, 1.807) is 16.8 Å². The molecule has 3 aromatic heterocycles. The van der Waals surface area contributed by atoms with Gasteiger partial charge in [0, 0.05) is 61.6 Å². The fourth-order valence-electron chi connectivity index (χ4n) is 4.43. The number of thiazole rings is 1. The Labute approximate surface area is 212 Å². The maximum atomic E-state index is 12.8. The number of likely N-dealkylation sites (N-methyl/N-ethyl adjacent to an activating group) is 1. The number of fused-ring (bicyclic) bond motifs is 1. The highest BCUT2D eigenvalue weighted by Gasteiger charge is 2.19. The number of piperazine rings is 1. The molecule has 1 saturated heterocycles. The lowest BCUT2D eigenvalue weighted by atomic mass is 10.1. The molecule has 0 amide bonds. The molecule has 2 aromatic carbocycles. The maximum absolute atomic E-state index is 12.8. The van der Waals surface area contributed by atoms with Gasteiger partial charge < -0.3 is 15.1 Å². The Bertz CT molecular complexity index is 1560. The van der Waals surface area contributed by atoms with Gasteiger partial charge in [-0.25, -0.2) is 15.0 Å². The summed E-state index contributed by atoms with van der Waals surface area (Å²) in [5.74, 6) is 0.497. The lowest BCUT2D eigenvalue weighted by molar-refractivity contribution is 0.313. The summed E-state index contributed by atoms with van der Waals surface area (Å²) in [6, 6.07) is 21.6. The van der Waals surface area contributed by atoms with Crippen LogP contribution in [-0.4, -0.2) is 57.5 Å². The SMILES string of the molecule is CN1CCN(c2ccc(Nc3nccc(-c4sc5nccc(=O)n5c4-c4ccccc4)n3)cc2)CC1. The highest BCUT2D eigenvalue weighted by atomic mass is 32.1. The van der Waals surface area contributed by atoms with Gasteiger partial charge in [-0.2, -0.15) is 0 Å². The second-order valence-corrected chi connectivity index (χ2v) is 9.75. The van der Waals surface area contributed by atoms with E-state index in [2.05, 4.69) is 56.4 Å². The van der Waals surface area contributed by atoms with E-state index in [-0.39, 0.29) is 5.56 Å². The number of anilines is 3. The van der Waals surface area contributed by atoms with E-state index >= 15 is 0 Å². The van der Waals surface area contributed by atoms with Crippen molar-refractivity contribution in [3.8, 4) is 21.8 Å². The molecular formula is C27H25N7OS. The normalized spacial score (nSPS) is 14.3. The highest BCUT2D eigenvalue weighted by molar-refractivity contribution is 7.20. The van der Waals surface area contributed by atoms with E-state index in [0.29, 0.717) is 10.9 Å². The zero-order chi connectivity index (χ0) is 24.5. The molecule has 4 heterocycles. The molecular weight excluding hydrogens is 470 g/mol. The number of aromatic nitrogens is 4. The van der Waals surface area contributed by atoms with Crippen molar-refractivity contribution >= 4 is 33.6 Å². The van der Waals surface area contributed by atoms with Crippen LogP contribution in [-0.2, 0) is 0 Å².